The van der Waals surface area contributed by atoms with Gasteiger partial charge in [0.25, 0.3) is 5.91 Å². The average Bonchev–Trinajstić information content (AvgIpc) is 3.27. The summed E-state index contributed by atoms with van der Waals surface area (Å²) < 4.78 is 0. The lowest BCUT2D eigenvalue weighted by atomic mass is 9.92. The molecule has 0 bridgehead atoms. The number of benzene rings is 1. The number of nitrogens with zero attached hydrogens (tertiary/aromatic N) is 2. The first kappa shape index (κ1) is 13.5. The average molecular weight is 282 g/mol. The van der Waals surface area contributed by atoms with Gasteiger partial charge in [0, 0.05) is 24.4 Å². The van der Waals surface area contributed by atoms with E-state index >= 15 is 0 Å². The molecule has 1 fully saturated rings. The Morgan fingerprint density at radius 3 is 2.67 bits per heavy atom. The second-order valence-corrected chi connectivity index (χ2v) is 5.57. The normalized spacial score (nSPS) is 15.5. The van der Waals surface area contributed by atoms with Crippen molar-refractivity contribution in [2.75, 3.05) is 12.3 Å². The van der Waals surface area contributed by atoms with Gasteiger partial charge >= 0.3 is 0 Å². The number of carbonyl (C=O) groups is 1. The van der Waals surface area contributed by atoms with Crippen molar-refractivity contribution in [1.82, 2.24) is 15.3 Å². The molecule has 1 aromatic carbocycles. The fourth-order valence-corrected chi connectivity index (χ4v) is 2.72. The van der Waals surface area contributed by atoms with Crippen LogP contribution in [0.15, 0.2) is 36.7 Å². The van der Waals surface area contributed by atoms with Gasteiger partial charge in [0.2, 0.25) is 0 Å². The van der Waals surface area contributed by atoms with Crippen LogP contribution in [0, 0.1) is 6.92 Å². The molecule has 0 spiro atoms. The van der Waals surface area contributed by atoms with Gasteiger partial charge in [-0.25, -0.2) is 9.97 Å². The monoisotopic (exact) mass is 282 g/mol. The number of aryl methyl sites for hydroxylation is 1. The first-order chi connectivity index (χ1) is 10.1. The van der Waals surface area contributed by atoms with Crippen LogP contribution >= 0.6 is 0 Å². The van der Waals surface area contributed by atoms with E-state index in [9.17, 15) is 4.79 Å². The fourth-order valence-electron chi connectivity index (χ4n) is 2.72. The highest BCUT2D eigenvalue weighted by atomic mass is 16.1. The SMILES string of the molecule is Cc1ccccc1C1(CNC(=O)c2nccnc2N)CC1. The van der Waals surface area contributed by atoms with E-state index in [0.29, 0.717) is 6.54 Å². The van der Waals surface area contributed by atoms with E-state index in [4.69, 9.17) is 5.73 Å². The summed E-state index contributed by atoms with van der Waals surface area (Å²) in [6.45, 7) is 2.71. The quantitative estimate of drug-likeness (QED) is 0.896. The lowest BCUT2D eigenvalue weighted by Crippen LogP contribution is -2.33. The molecule has 1 saturated carbocycles. The van der Waals surface area contributed by atoms with E-state index in [0.717, 1.165) is 12.8 Å². The van der Waals surface area contributed by atoms with E-state index in [1.165, 1.54) is 23.5 Å². The van der Waals surface area contributed by atoms with Crippen molar-refractivity contribution < 1.29 is 4.79 Å². The molecular formula is C16H18N4O. The Morgan fingerprint density at radius 1 is 1.29 bits per heavy atom. The lowest BCUT2D eigenvalue weighted by Gasteiger charge is -2.18. The highest BCUT2D eigenvalue weighted by Gasteiger charge is 2.45. The van der Waals surface area contributed by atoms with Crippen LogP contribution in [0.3, 0.4) is 0 Å². The summed E-state index contributed by atoms with van der Waals surface area (Å²) >= 11 is 0. The summed E-state index contributed by atoms with van der Waals surface area (Å²) in [6, 6.07) is 8.34. The number of nitrogens with one attached hydrogen (secondary N) is 1. The number of hydrogen-bond acceptors (Lipinski definition) is 4. The Morgan fingerprint density at radius 2 is 2.00 bits per heavy atom. The molecule has 0 radical (unpaired) electrons. The molecule has 1 aliphatic carbocycles. The van der Waals surface area contributed by atoms with Gasteiger partial charge in [0.05, 0.1) is 0 Å². The van der Waals surface area contributed by atoms with Gasteiger partial charge < -0.3 is 11.1 Å². The van der Waals surface area contributed by atoms with Crippen LogP contribution in [0.4, 0.5) is 5.82 Å². The minimum atomic E-state index is -0.263. The molecule has 0 atom stereocenters. The molecule has 0 saturated heterocycles. The maximum absolute atomic E-state index is 12.2. The summed E-state index contributed by atoms with van der Waals surface area (Å²) in [7, 11) is 0. The highest BCUT2D eigenvalue weighted by molar-refractivity contribution is 5.96. The van der Waals surface area contributed by atoms with Gasteiger partial charge in [-0.2, -0.15) is 0 Å². The van der Waals surface area contributed by atoms with Crippen LogP contribution in [0.1, 0.15) is 34.5 Å². The molecule has 1 aromatic heterocycles. The van der Waals surface area contributed by atoms with E-state index < -0.39 is 0 Å². The molecule has 1 aliphatic rings. The lowest BCUT2D eigenvalue weighted by molar-refractivity contribution is 0.0945. The predicted molar refractivity (Wildman–Crippen MR) is 80.9 cm³/mol. The largest absolute Gasteiger partial charge is 0.382 e. The van der Waals surface area contributed by atoms with E-state index in [1.54, 1.807) is 0 Å². The Labute approximate surface area is 123 Å². The molecule has 21 heavy (non-hydrogen) atoms. The maximum atomic E-state index is 12.2. The minimum Gasteiger partial charge on any atom is -0.382 e. The van der Waals surface area contributed by atoms with Crippen LogP contribution in [-0.4, -0.2) is 22.4 Å². The number of anilines is 1. The number of aromatic nitrogens is 2. The topological polar surface area (TPSA) is 80.9 Å². The Hall–Kier alpha value is -2.43. The highest BCUT2D eigenvalue weighted by Crippen LogP contribution is 2.48. The third-order valence-electron chi connectivity index (χ3n) is 4.10. The van der Waals surface area contributed by atoms with Crippen LogP contribution in [0.5, 0.6) is 0 Å². The van der Waals surface area contributed by atoms with Gasteiger partial charge in [-0.1, -0.05) is 24.3 Å². The summed E-state index contributed by atoms with van der Waals surface area (Å²) in [4.78, 5) is 20.0. The molecule has 1 heterocycles. The van der Waals surface area contributed by atoms with Crippen LogP contribution in [0.25, 0.3) is 0 Å². The van der Waals surface area contributed by atoms with Crippen molar-refractivity contribution in [1.29, 1.82) is 0 Å². The van der Waals surface area contributed by atoms with Crippen LogP contribution in [0.2, 0.25) is 0 Å². The summed E-state index contributed by atoms with van der Waals surface area (Å²) in [5, 5.41) is 2.95. The molecule has 1 amide bonds. The summed E-state index contributed by atoms with van der Waals surface area (Å²) in [6.07, 6.45) is 5.13. The number of nitrogens with two attached hydrogens (primary N) is 1. The molecule has 0 unspecified atom stereocenters. The molecule has 0 aliphatic heterocycles. The Kier molecular flexibility index (Phi) is 3.33. The molecule has 2 aromatic rings. The predicted octanol–water partition coefficient (Wildman–Crippen LogP) is 1.83. The van der Waals surface area contributed by atoms with Gasteiger partial charge in [-0.05, 0) is 30.9 Å². The van der Waals surface area contributed by atoms with Crippen molar-refractivity contribution in [2.24, 2.45) is 0 Å². The molecule has 3 rings (SSSR count). The first-order valence-corrected chi connectivity index (χ1v) is 7.03. The van der Waals surface area contributed by atoms with E-state index in [2.05, 4.69) is 34.3 Å². The number of hydrogen-bond donors (Lipinski definition) is 2. The first-order valence-electron chi connectivity index (χ1n) is 7.03. The molecular weight excluding hydrogens is 264 g/mol. The Balaban J connectivity index is 1.72. The van der Waals surface area contributed by atoms with E-state index in [1.807, 2.05) is 12.1 Å². The van der Waals surface area contributed by atoms with Crippen molar-refractivity contribution in [3.8, 4) is 0 Å². The van der Waals surface area contributed by atoms with Crippen LogP contribution < -0.4 is 11.1 Å². The van der Waals surface area contributed by atoms with E-state index in [-0.39, 0.29) is 22.8 Å². The zero-order valence-electron chi connectivity index (χ0n) is 12.0. The minimum absolute atomic E-state index is 0.0674. The molecule has 5 nitrogen and oxygen atoms in total. The number of nitrogen functional groups attached to an aromatic ring is 1. The van der Waals surface area contributed by atoms with Crippen molar-refractivity contribution in [3.63, 3.8) is 0 Å². The van der Waals surface area contributed by atoms with Crippen molar-refractivity contribution >= 4 is 11.7 Å². The second-order valence-electron chi connectivity index (χ2n) is 5.57. The summed E-state index contributed by atoms with van der Waals surface area (Å²) in [5.41, 5.74) is 8.52. The zero-order valence-corrected chi connectivity index (χ0v) is 12.0. The number of carbonyl (C=O) groups excluding carboxylic acids is 1. The summed E-state index contributed by atoms with van der Waals surface area (Å²) in [5.74, 6) is -0.101. The van der Waals surface area contributed by atoms with Gasteiger partial charge in [0.1, 0.15) is 0 Å². The molecule has 3 N–H and O–H groups in total. The Bertz CT molecular complexity index is 679. The van der Waals surface area contributed by atoms with Crippen molar-refractivity contribution in [2.45, 2.75) is 25.2 Å². The van der Waals surface area contributed by atoms with Gasteiger partial charge in [-0.3, -0.25) is 4.79 Å². The molecule has 108 valence electrons. The zero-order chi connectivity index (χ0) is 14.9. The number of amides is 1. The maximum Gasteiger partial charge on any atom is 0.273 e. The third kappa shape index (κ3) is 2.59. The smallest absolute Gasteiger partial charge is 0.273 e. The van der Waals surface area contributed by atoms with Gasteiger partial charge in [-0.15, -0.1) is 0 Å². The van der Waals surface area contributed by atoms with Crippen molar-refractivity contribution in [3.05, 3.63) is 53.5 Å². The van der Waals surface area contributed by atoms with Crippen LogP contribution in [-0.2, 0) is 5.41 Å². The van der Waals surface area contributed by atoms with Gasteiger partial charge in [0.15, 0.2) is 11.5 Å². The molecule has 5 heteroatoms. The second kappa shape index (κ2) is 5.16. The number of rotatable bonds is 4. The standard InChI is InChI=1S/C16H18N4O/c1-11-4-2-3-5-12(11)16(6-7-16)10-20-15(21)13-14(17)19-9-8-18-13/h2-5,8-9H,6-7,10H2,1H3,(H2,17,19)(H,20,21). The fraction of sp³-hybridized carbons (Fsp3) is 0.312. The third-order valence-corrected chi connectivity index (χ3v) is 4.10.